The van der Waals surface area contributed by atoms with Crippen molar-refractivity contribution in [2.24, 2.45) is 0 Å². The number of ether oxygens (including phenoxy) is 3. The van der Waals surface area contributed by atoms with Crippen molar-refractivity contribution in [3.05, 3.63) is 35.9 Å². The van der Waals surface area contributed by atoms with Crippen molar-refractivity contribution in [1.82, 2.24) is 0 Å². The molecule has 1 aromatic carbocycles. The number of carbonyl (C=O) groups is 1. The van der Waals surface area contributed by atoms with Crippen molar-refractivity contribution in [1.29, 1.82) is 0 Å². The molecule has 122 valence electrons. The normalized spacial score (nSPS) is 26.4. The third-order valence-corrected chi connectivity index (χ3v) is 4.53. The van der Waals surface area contributed by atoms with E-state index in [9.17, 15) is 4.79 Å². The fraction of sp³-hybridized carbons (Fsp3) is 0.562. The molecule has 4 nitrogen and oxygen atoms in total. The standard InChI is InChI=1S/C16H20ClIO4/c1-16(2)21-13(14(22-16)15(17)18)12(20-10-19)9-8-11-6-4-3-5-7-11/h3-7,10,12-15H,8-9H2,1-2H3/t12-,13+,14+,15?/m1/s1. The molecule has 0 amide bonds. The third-order valence-electron chi connectivity index (χ3n) is 3.57. The summed E-state index contributed by atoms with van der Waals surface area (Å²) in [5.41, 5.74) is 1.19. The predicted molar refractivity (Wildman–Crippen MR) is 93.2 cm³/mol. The summed E-state index contributed by atoms with van der Waals surface area (Å²) in [6.45, 7) is 4.15. The van der Waals surface area contributed by atoms with Gasteiger partial charge in [0.25, 0.3) is 6.47 Å². The zero-order valence-corrected chi connectivity index (χ0v) is 15.5. The van der Waals surface area contributed by atoms with E-state index in [4.69, 9.17) is 25.8 Å². The van der Waals surface area contributed by atoms with Gasteiger partial charge < -0.3 is 14.2 Å². The van der Waals surface area contributed by atoms with Crippen LogP contribution in [0.25, 0.3) is 0 Å². The maximum atomic E-state index is 10.9. The Hall–Kier alpha value is -0.370. The van der Waals surface area contributed by atoms with E-state index in [0.717, 1.165) is 6.42 Å². The summed E-state index contributed by atoms with van der Waals surface area (Å²) in [6.07, 6.45) is 0.367. The summed E-state index contributed by atoms with van der Waals surface area (Å²) in [4.78, 5) is 10.9. The van der Waals surface area contributed by atoms with Gasteiger partial charge in [-0.25, -0.2) is 0 Å². The molecular weight excluding hydrogens is 419 g/mol. The van der Waals surface area contributed by atoms with E-state index >= 15 is 0 Å². The first-order chi connectivity index (χ1) is 10.4. The first kappa shape index (κ1) is 18.0. The van der Waals surface area contributed by atoms with E-state index in [2.05, 4.69) is 22.6 Å². The number of halogens is 2. The Morgan fingerprint density at radius 3 is 2.55 bits per heavy atom. The molecule has 1 heterocycles. The molecule has 0 aromatic heterocycles. The smallest absolute Gasteiger partial charge is 0.293 e. The molecule has 1 fully saturated rings. The second-order valence-corrected chi connectivity index (χ2v) is 8.24. The highest BCUT2D eigenvalue weighted by Crippen LogP contribution is 2.37. The molecule has 0 bridgehead atoms. The highest BCUT2D eigenvalue weighted by molar-refractivity contribution is 14.1. The molecule has 0 saturated carbocycles. The summed E-state index contributed by atoms with van der Waals surface area (Å²) in [5, 5.41) is 0. The van der Waals surface area contributed by atoms with E-state index in [0.29, 0.717) is 12.9 Å². The lowest BCUT2D eigenvalue weighted by Crippen LogP contribution is -2.40. The summed E-state index contributed by atoms with van der Waals surface area (Å²) >= 11 is 8.30. The zero-order chi connectivity index (χ0) is 16.2. The molecule has 1 saturated heterocycles. The molecule has 0 aliphatic carbocycles. The van der Waals surface area contributed by atoms with Crippen LogP contribution in [-0.4, -0.2) is 34.0 Å². The van der Waals surface area contributed by atoms with Crippen LogP contribution in [0.5, 0.6) is 0 Å². The minimum atomic E-state index is -0.731. The van der Waals surface area contributed by atoms with E-state index < -0.39 is 5.79 Å². The van der Waals surface area contributed by atoms with Gasteiger partial charge in [0.2, 0.25) is 0 Å². The van der Waals surface area contributed by atoms with Gasteiger partial charge in [0, 0.05) is 0 Å². The van der Waals surface area contributed by atoms with Crippen molar-refractivity contribution >= 4 is 40.7 Å². The van der Waals surface area contributed by atoms with Crippen LogP contribution in [0.2, 0.25) is 0 Å². The Labute approximate surface area is 149 Å². The molecule has 2 rings (SSSR count). The van der Waals surface area contributed by atoms with Crippen molar-refractivity contribution in [2.75, 3.05) is 0 Å². The lowest BCUT2D eigenvalue weighted by atomic mass is 10.0. The Morgan fingerprint density at radius 1 is 1.32 bits per heavy atom. The van der Waals surface area contributed by atoms with Gasteiger partial charge in [-0.2, -0.15) is 0 Å². The van der Waals surface area contributed by atoms with Crippen LogP contribution in [0, 0.1) is 0 Å². The van der Waals surface area contributed by atoms with Crippen LogP contribution in [0.15, 0.2) is 30.3 Å². The molecule has 1 unspecified atom stereocenters. The average Bonchev–Trinajstić information content (AvgIpc) is 2.80. The van der Waals surface area contributed by atoms with Crippen LogP contribution < -0.4 is 0 Å². The molecule has 1 aliphatic rings. The molecule has 1 aliphatic heterocycles. The highest BCUT2D eigenvalue weighted by atomic mass is 127. The SMILES string of the molecule is CC1(C)O[C@@H]([C@@H](CCc2ccccc2)OC=O)[C@@H](C(Cl)I)O1. The van der Waals surface area contributed by atoms with Gasteiger partial charge in [0.1, 0.15) is 21.7 Å². The van der Waals surface area contributed by atoms with Crippen molar-refractivity contribution in [2.45, 2.75) is 54.2 Å². The van der Waals surface area contributed by atoms with E-state index in [1.807, 2.05) is 44.2 Å². The molecule has 1 aromatic rings. The number of hydrogen-bond acceptors (Lipinski definition) is 4. The van der Waals surface area contributed by atoms with Crippen LogP contribution in [0.3, 0.4) is 0 Å². The maximum Gasteiger partial charge on any atom is 0.293 e. The number of rotatable bonds is 7. The fourth-order valence-corrected chi connectivity index (χ4v) is 3.39. The average molecular weight is 439 g/mol. The van der Waals surface area contributed by atoms with Crippen molar-refractivity contribution in [3.63, 3.8) is 0 Å². The monoisotopic (exact) mass is 438 g/mol. The lowest BCUT2D eigenvalue weighted by Gasteiger charge is -2.25. The van der Waals surface area contributed by atoms with Gasteiger partial charge >= 0.3 is 0 Å². The molecule has 0 N–H and O–H groups in total. The van der Waals surface area contributed by atoms with Crippen molar-refractivity contribution < 1.29 is 19.0 Å². The van der Waals surface area contributed by atoms with Gasteiger partial charge in [0.05, 0.1) is 0 Å². The third kappa shape index (κ3) is 4.81. The largest absolute Gasteiger partial charge is 0.462 e. The highest BCUT2D eigenvalue weighted by Gasteiger charge is 2.48. The molecule has 6 heteroatoms. The second kappa shape index (κ2) is 7.95. The Balaban J connectivity index is 2.07. The number of alkyl halides is 2. The molecular formula is C16H20ClIO4. The van der Waals surface area contributed by atoms with Crippen LogP contribution in [0.1, 0.15) is 25.8 Å². The van der Waals surface area contributed by atoms with Crippen LogP contribution in [0.4, 0.5) is 0 Å². The van der Waals surface area contributed by atoms with Gasteiger partial charge in [-0.15, -0.1) is 11.6 Å². The first-order valence-corrected chi connectivity index (χ1v) is 8.88. The van der Waals surface area contributed by atoms with E-state index in [1.54, 1.807) is 0 Å². The number of carbonyl (C=O) groups excluding carboxylic acids is 1. The van der Waals surface area contributed by atoms with Crippen LogP contribution >= 0.6 is 34.2 Å². The number of hydrogen-bond donors (Lipinski definition) is 0. The second-order valence-electron chi connectivity index (χ2n) is 5.69. The molecule has 0 radical (unpaired) electrons. The van der Waals surface area contributed by atoms with E-state index in [-0.39, 0.29) is 21.7 Å². The quantitative estimate of drug-likeness (QED) is 0.370. The van der Waals surface area contributed by atoms with E-state index in [1.165, 1.54) is 5.56 Å². The van der Waals surface area contributed by atoms with Gasteiger partial charge in [0.15, 0.2) is 5.79 Å². The summed E-state index contributed by atoms with van der Waals surface area (Å²) < 4.78 is 16.8. The molecule has 0 spiro atoms. The molecule has 4 atom stereocenters. The maximum absolute atomic E-state index is 10.9. The predicted octanol–water partition coefficient (Wildman–Crippen LogP) is 3.68. The Morgan fingerprint density at radius 2 is 1.95 bits per heavy atom. The van der Waals surface area contributed by atoms with Gasteiger partial charge in [-0.05, 0) is 32.3 Å². The lowest BCUT2D eigenvalue weighted by molar-refractivity contribution is -0.164. The van der Waals surface area contributed by atoms with Gasteiger partial charge in [-0.3, -0.25) is 4.79 Å². The Kier molecular flexibility index (Phi) is 6.49. The topological polar surface area (TPSA) is 44.8 Å². The molecule has 22 heavy (non-hydrogen) atoms. The van der Waals surface area contributed by atoms with Crippen LogP contribution in [-0.2, 0) is 25.4 Å². The van der Waals surface area contributed by atoms with Crippen molar-refractivity contribution in [3.8, 4) is 0 Å². The Bertz CT molecular complexity index is 480. The minimum absolute atomic E-state index is 0.265. The zero-order valence-electron chi connectivity index (χ0n) is 12.6. The summed E-state index contributed by atoms with van der Waals surface area (Å²) in [7, 11) is 0. The summed E-state index contributed by atoms with van der Waals surface area (Å²) in [5.74, 6) is -0.731. The minimum Gasteiger partial charge on any atom is -0.462 e. The summed E-state index contributed by atoms with van der Waals surface area (Å²) in [6, 6.07) is 10.1. The number of aryl methyl sites for hydroxylation is 1. The fourth-order valence-electron chi connectivity index (χ4n) is 2.63. The first-order valence-electron chi connectivity index (χ1n) is 7.20. The number of benzene rings is 1. The van der Waals surface area contributed by atoms with Gasteiger partial charge in [-0.1, -0.05) is 52.9 Å².